The van der Waals surface area contributed by atoms with Gasteiger partial charge in [-0.1, -0.05) is 22.9 Å². The molecule has 1 atom stereocenters. The first-order valence-corrected chi connectivity index (χ1v) is 9.68. The van der Waals surface area contributed by atoms with Crippen LogP contribution in [0.4, 0.5) is 0 Å². The minimum atomic E-state index is -3.42. The third-order valence-corrected chi connectivity index (χ3v) is 6.58. The van der Waals surface area contributed by atoms with Crippen molar-refractivity contribution in [2.24, 2.45) is 0 Å². The van der Waals surface area contributed by atoms with E-state index in [4.69, 9.17) is 0 Å². The zero-order valence-electron chi connectivity index (χ0n) is 12.6. The summed E-state index contributed by atoms with van der Waals surface area (Å²) in [6, 6.07) is 5.50. The number of hydrogen-bond donors (Lipinski definition) is 1. The van der Waals surface area contributed by atoms with Crippen molar-refractivity contribution in [3.63, 3.8) is 0 Å². The number of benzene rings is 1. The van der Waals surface area contributed by atoms with E-state index in [2.05, 4.69) is 21.2 Å². The van der Waals surface area contributed by atoms with Crippen molar-refractivity contribution in [1.82, 2.24) is 9.62 Å². The zero-order chi connectivity index (χ0) is 15.5. The van der Waals surface area contributed by atoms with Crippen LogP contribution in [-0.4, -0.2) is 38.4 Å². The van der Waals surface area contributed by atoms with E-state index in [1.807, 2.05) is 13.8 Å². The Morgan fingerprint density at radius 3 is 2.76 bits per heavy atom. The summed E-state index contributed by atoms with van der Waals surface area (Å²) < 4.78 is 28.3. The van der Waals surface area contributed by atoms with Gasteiger partial charge in [0.15, 0.2) is 0 Å². The molecule has 0 amide bonds. The van der Waals surface area contributed by atoms with Gasteiger partial charge in [0.25, 0.3) is 0 Å². The van der Waals surface area contributed by atoms with Crippen LogP contribution < -0.4 is 5.32 Å². The molecule has 1 aromatic rings. The summed E-state index contributed by atoms with van der Waals surface area (Å²) in [6.45, 7) is 6.03. The summed E-state index contributed by atoms with van der Waals surface area (Å²) in [5, 5.41) is 3.38. The highest BCUT2D eigenvalue weighted by Gasteiger charge is 2.27. The van der Waals surface area contributed by atoms with Gasteiger partial charge in [0.1, 0.15) is 0 Å². The minimum Gasteiger partial charge on any atom is -0.313 e. The first kappa shape index (κ1) is 16.9. The normalized spacial score (nSPS) is 19.3. The molecule has 0 bridgehead atoms. The van der Waals surface area contributed by atoms with Crippen molar-refractivity contribution in [2.45, 2.75) is 44.0 Å². The lowest BCUT2D eigenvalue weighted by molar-refractivity contribution is 0.369. The number of sulfonamides is 1. The van der Waals surface area contributed by atoms with E-state index in [-0.39, 0.29) is 6.04 Å². The lowest BCUT2D eigenvalue weighted by atomic mass is 10.2. The van der Waals surface area contributed by atoms with Crippen molar-refractivity contribution in [3.05, 3.63) is 28.2 Å². The second-order valence-electron chi connectivity index (χ2n) is 5.57. The maximum absolute atomic E-state index is 12.9. The maximum atomic E-state index is 12.9. The van der Waals surface area contributed by atoms with Gasteiger partial charge in [-0.05, 0) is 56.5 Å². The largest absolute Gasteiger partial charge is 0.313 e. The molecule has 6 heteroatoms. The smallest absolute Gasteiger partial charge is 0.243 e. The first-order chi connectivity index (χ1) is 9.95. The highest BCUT2D eigenvalue weighted by Crippen LogP contribution is 2.23. The van der Waals surface area contributed by atoms with Crippen LogP contribution in [0.25, 0.3) is 0 Å². The lowest BCUT2D eigenvalue weighted by Gasteiger charge is -2.25. The average molecular weight is 375 g/mol. The quantitative estimate of drug-likeness (QED) is 0.832. The molecule has 1 unspecified atom stereocenters. The van der Waals surface area contributed by atoms with Crippen LogP contribution in [0.2, 0.25) is 0 Å². The molecule has 1 aliphatic heterocycles. The Hall–Kier alpha value is -0.430. The molecule has 0 radical (unpaired) electrons. The molecule has 0 aliphatic carbocycles. The zero-order valence-corrected chi connectivity index (χ0v) is 15.0. The summed E-state index contributed by atoms with van der Waals surface area (Å²) >= 11 is 3.42. The summed E-state index contributed by atoms with van der Waals surface area (Å²) in [6.07, 6.45) is 3.00. The third-order valence-electron chi connectivity index (χ3n) is 3.83. The third kappa shape index (κ3) is 4.06. The number of aryl methyl sites for hydroxylation is 1. The highest BCUT2D eigenvalue weighted by atomic mass is 79.9. The summed E-state index contributed by atoms with van der Waals surface area (Å²) in [7, 11) is -3.42. The molecule has 118 valence electrons. The predicted octanol–water partition coefficient (Wildman–Crippen LogP) is 2.91. The van der Waals surface area contributed by atoms with E-state index in [0.717, 1.165) is 35.8 Å². The Morgan fingerprint density at radius 1 is 1.43 bits per heavy atom. The van der Waals surface area contributed by atoms with Gasteiger partial charge < -0.3 is 5.32 Å². The standard InChI is InChI=1S/C15H23BrN2O2S/c1-3-9-18(11-13-5-4-8-17-13)21(19,20)14-6-7-15(16)12(2)10-14/h6-7,10,13,17H,3-5,8-9,11H2,1-2H3. The van der Waals surface area contributed by atoms with Crippen LogP contribution >= 0.6 is 15.9 Å². The number of halogens is 1. The first-order valence-electron chi connectivity index (χ1n) is 7.45. The van der Waals surface area contributed by atoms with Crippen LogP contribution in [0.3, 0.4) is 0 Å². The fourth-order valence-electron chi connectivity index (χ4n) is 2.64. The summed E-state index contributed by atoms with van der Waals surface area (Å²) in [5.41, 5.74) is 0.937. The maximum Gasteiger partial charge on any atom is 0.243 e. The molecule has 1 fully saturated rings. The Balaban J connectivity index is 2.25. The van der Waals surface area contributed by atoms with Crippen LogP contribution in [0.15, 0.2) is 27.6 Å². The molecular weight excluding hydrogens is 352 g/mol. The van der Waals surface area contributed by atoms with Crippen LogP contribution in [0.5, 0.6) is 0 Å². The second kappa shape index (κ2) is 7.22. The monoisotopic (exact) mass is 374 g/mol. The Labute approximate surface area is 136 Å². The number of rotatable bonds is 6. The van der Waals surface area contributed by atoms with Crippen molar-refractivity contribution >= 4 is 26.0 Å². The minimum absolute atomic E-state index is 0.280. The molecule has 1 aliphatic rings. The van der Waals surface area contributed by atoms with Gasteiger partial charge in [-0.15, -0.1) is 0 Å². The molecule has 1 N–H and O–H groups in total. The van der Waals surface area contributed by atoms with E-state index in [1.54, 1.807) is 22.5 Å². The van der Waals surface area contributed by atoms with Crippen molar-refractivity contribution in [1.29, 1.82) is 0 Å². The van der Waals surface area contributed by atoms with Gasteiger partial charge in [-0.3, -0.25) is 0 Å². The fourth-order valence-corrected chi connectivity index (χ4v) is 4.55. The van der Waals surface area contributed by atoms with Crippen LogP contribution in [0.1, 0.15) is 31.7 Å². The second-order valence-corrected chi connectivity index (χ2v) is 8.36. The Morgan fingerprint density at radius 2 is 2.19 bits per heavy atom. The average Bonchev–Trinajstić information content (AvgIpc) is 2.94. The molecule has 0 aromatic heterocycles. The van der Waals surface area contributed by atoms with E-state index in [0.29, 0.717) is 18.0 Å². The SMILES string of the molecule is CCCN(CC1CCCN1)S(=O)(=O)c1ccc(Br)c(C)c1. The number of nitrogens with zero attached hydrogens (tertiary/aromatic N) is 1. The Kier molecular flexibility index (Phi) is 5.82. The van der Waals surface area contributed by atoms with Gasteiger partial charge >= 0.3 is 0 Å². The predicted molar refractivity (Wildman–Crippen MR) is 89.0 cm³/mol. The summed E-state index contributed by atoms with van der Waals surface area (Å²) in [4.78, 5) is 0.384. The van der Waals surface area contributed by atoms with Gasteiger partial charge in [0.2, 0.25) is 10.0 Å². The van der Waals surface area contributed by atoms with Gasteiger partial charge in [-0.25, -0.2) is 8.42 Å². The van der Waals surface area contributed by atoms with E-state index >= 15 is 0 Å². The molecule has 2 rings (SSSR count). The molecule has 1 aromatic carbocycles. The van der Waals surface area contributed by atoms with Gasteiger partial charge in [0, 0.05) is 23.6 Å². The lowest BCUT2D eigenvalue weighted by Crippen LogP contribution is -2.41. The van der Waals surface area contributed by atoms with Gasteiger partial charge in [-0.2, -0.15) is 4.31 Å². The van der Waals surface area contributed by atoms with E-state index in [9.17, 15) is 8.42 Å². The molecule has 0 spiro atoms. The van der Waals surface area contributed by atoms with Gasteiger partial charge in [0.05, 0.1) is 4.90 Å². The number of nitrogens with one attached hydrogen (secondary N) is 1. The molecule has 0 saturated carbocycles. The highest BCUT2D eigenvalue weighted by molar-refractivity contribution is 9.10. The fraction of sp³-hybridized carbons (Fsp3) is 0.600. The summed E-state index contributed by atoms with van der Waals surface area (Å²) in [5.74, 6) is 0. The van der Waals surface area contributed by atoms with Crippen molar-refractivity contribution in [3.8, 4) is 0 Å². The van der Waals surface area contributed by atoms with Crippen LogP contribution in [0, 0.1) is 6.92 Å². The topological polar surface area (TPSA) is 49.4 Å². The Bertz CT molecular complexity index is 583. The van der Waals surface area contributed by atoms with Crippen LogP contribution in [-0.2, 0) is 10.0 Å². The molecule has 21 heavy (non-hydrogen) atoms. The molecule has 4 nitrogen and oxygen atoms in total. The number of hydrogen-bond acceptors (Lipinski definition) is 3. The van der Waals surface area contributed by atoms with E-state index < -0.39 is 10.0 Å². The van der Waals surface area contributed by atoms with Crippen molar-refractivity contribution in [2.75, 3.05) is 19.6 Å². The molecular formula is C15H23BrN2O2S. The molecule has 1 heterocycles. The van der Waals surface area contributed by atoms with Crippen molar-refractivity contribution < 1.29 is 8.42 Å². The molecule has 1 saturated heterocycles. The van der Waals surface area contributed by atoms with E-state index in [1.165, 1.54) is 0 Å².